The lowest BCUT2D eigenvalue weighted by Gasteiger charge is -2.06. The summed E-state index contributed by atoms with van der Waals surface area (Å²) in [6.45, 7) is 6.56. The van der Waals surface area contributed by atoms with Crippen LogP contribution in [-0.2, 0) is 10.0 Å². The Kier molecular flexibility index (Phi) is 7.43. The molecule has 0 amide bonds. The first-order valence-corrected chi connectivity index (χ1v) is 9.63. The summed E-state index contributed by atoms with van der Waals surface area (Å²) in [5, 5.41) is 0. The van der Waals surface area contributed by atoms with Gasteiger partial charge in [0.05, 0.1) is 5.69 Å². The number of rotatable bonds is 9. The molecule has 0 fully saturated rings. The zero-order chi connectivity index (χ0) is 15.2. The van der Waals surface area contributed by atoms with E-state index in [0.29, 0.717) is 12.2 Å². The van der Waals surface area contributed by atoms with E-state index >= 15 is 0 Å². The fourth-order valence-corrected chi connectivity index (χ4v) is 4.76. The molecule has 0 spiro atoms. The van der Waals surface area contributed by atoms with E-state index < -0.39 is 10.0 Å². The molecule has 0 aliphatic rings. The third-order valence-electron chi connectivity index (χ3n) is 2.97. The SMILES string of the molecule is Cc1nc(Cl)sc1S(=O)(=O)NCCCCCCC(C)C. The number of thiazole rings is 1. The van der Waals surface area contributed by atoms with Crippen LogP contribution in [0.1, 0.15) is 51.6 Å². The van der Waals surface area contributed by atoms with Crippen LogP contribution in [0.5, 0.6) is 0 Å². The fourth-order valence-electron chi connectivity index (χ4n) is 1.90. The number of halogens is 1. The van der Waals surface area contributed by atoms with Crippen molar-refractivity contribution >= 4 is 33.0 Å². The molecule has 1 aromatic heterocycles. The summed E-state index contributed by atoms with van der Waals surface area (Å²) in [6.07, 6.45) is 5.53. The number of hydrogen-bond acceptors (Lipinski definition) is 4. The number of sulfonamides is 1. The van der Waals surface area contributed by atoms with Crippen LogP contribution in [0.4, 0.5) is 0 Å². The Morgan fingerprint density at radius 2 is 1.90 bits per heavy atom. The standard InChI is InChI=1S/C13H23ClN2O2S2/c1-10(2)8-6-4-5-7-9-15-20(17,18)12-11(3)16-13(14)19-12/h10,15H,4-9H2,1-3H3. The van der Waals surface area contributed by atoms with E-state index in [0.717, 1.165) is 36.5 Å². The predicted octanol–water partition coefficient (Wildman–Crippen LogP) is 3.99. The van der Waals surface area contributed by atoms with E-state index in [4.69, 9.17) is 11.6 Å². The molecule has 1 N–H and O–H groups in total. The molecular formula is C13H23ClN2O2S2. The van der Waals surface area contributed by atoms with Gasteiger partial charge >= 0.3 is 0 Å². The van der Waals surface area contributed by atoms with Gasteiger partial charge in [-0.25, -0.2) is 18.1 Å². The van der Waals surface area contributed by atoms with Gasteiger partial charge in [-0.15, -0.1) is 0 Å². The van der Waals surface area contributed by atoms with Gasteiger partial charge in [0.15, 0.2) is 8.68 Å². The molecule has 0 bridgehead atoms. The summed E-state index contributed by atoms with van der Waals surface area (Å²) in [6, 6.07) is 0. The Morgan fingerprint density at radius 3 is 2.45 bits per heavy atom. The molecule has 1 rings (SSSR count). The summed E-state index contributed by atoms with van der Waals surface area (Å²) in [5.41, 5.74) is 0.462. The minimum atomic E-state index is -3.45. The van der Waals surface area contributed by atoms with Crippen molar-refractivity contribution in [3.63, 3.8) is 0 Å². The highest BCUT2D eigenvalue weighted by atomic mass is 35.5. The van der Waals surface area contributed by atoms with Crippen LogP contribution in [-0.4, -0.2) is 19.9 Å². The maximum atomic E-state index is 12.0. The van der Waals surface area contributed by atoms with Crippen molar-refractivity contribution in [2.24, 2.45) is 5.92 Å². The smallest absolute Gasteiger partial charge is 0.229 e. The van der Waals surface area contributed by atoms with Crippen molar-refractivity contribution in [3.05, 3.63) is 10.2 Å². The van der Waals surface area contributed by atoms with Crippen molar-refractivity contribution in [1.82, 2.24) is 9.71 Å². The van der Waals surface area contributed by atoms with E-state index in [9.17, 15) is 8.42 Å². The van der Waals surface area contributed by atoms with Crippen molar-refractivity contribution < 1.29 is 8.42 Å². The van der Waals surface area contributed by atoms with Crippen LogP contribution in [0.25, 0.3) is 0 Å². The normalized spacial score (nSPS) is 12.2. The summed E-state index contributed by atoms with van der Waals surface area (Å²) in [7, 11) is -3.45. The number of aryl methyl sites for hydroxylation is 1. The zero-order valence-electron chi connectivity index (χ0n) is 12.3. The number of hydrogen-bond donors (Lipinski definition) is 1. The van der Waals surface area contributed by atoms with Crippen molar-refractivity contribution in [3.8, 4) is 0 Å². The number of unbranched alkanes of at least 4 members (excludes halogenated alkanes) is 3. The minimum Gasteiger partial charge on any atom is -0.229 e. The van der Waals surface area contributed by atoms with Gasteiger partial charge in [-0.05, 0) is 19.3 Å². The lowest BCUT2D eigenvalue weighted by molar-refractivity contribution is 0.517. The molecule has 0 aliphatic carbocycles. The minimum absolute atomic E-state index is 0.224. The van der Waals surface area contributed by atoms with E-state index in [1.165, 1.54) is 12.8 Å². The highest BCUT2D eigenvalue weighted by Gasteiger charge is 2.20. The summed E-state index contributed by atoms with van der Waals surface area (Å²) < 4.78 is 27.2. The maximum Gasteiger partial charge on any atom is 0.251 e. The molecular weight excluding hydrogens is 316 g/mol. The van der Waals surface area contributed by atoms with E-state index in [1.54, 1.807) is 6.92 Å². The van der Waals surface area contributed by atoms with Crippen LogP contribution in [0.15, 0.2) is 4.21 Å². The molecule has 0 aliphatic heterocycles. The Balaban J connectivity index is 2.29. The first-order valence-electron chi connectivity index (χ1n) is 6.95. The van der Waals surface area contributed by atoms with E-state index in [2.05, 4.69) is 23.6 Å². The molecule has 0 aromatic carbocycles. The predicted molar refractivity (Wildman–Crippen MR) is 85.0 cm³/mol. The second kappa shape index (κ2) is 8.32. The molecule has 1 heterocycles. The molecule has 0 saturated heterocycles. The topological polar surface area (TPSA) is 59.1 Å². The Labute approximate surface area is 131 Å². The first kappa shape index (κ1) is 17.9. The van der Waals surface area contributed by atoms with Gasteiger partial charge in [-0.1, -0.05) is 62.5 Å². The Morgan fingerprint density at radius 1 is 1.25 bits per heavy atom. The lowest BCUT2D eigenvalue weighted by atomic mass is 10.0. The molecule has 20 heavy (non-hydrogen) atoms. The van der Waals surface area contributed by atoms with Gasteiger partial charge in [0.1, 0.15) is 0 Å². The van der Waals surface area contributed by atoms with E-state index in [1.807, 2.05) is 0 Å². The maximum absolute atomic E-state index is 12.0. The van der Waals surface area contributed by atoms with Crippen molar-refractivity contribution in [2.75, 3.05) is 6.54 Å². The zero-order valence-corrected chi connectivity index (χ0v) is 14.7. The number of aromatic nitrogens is 1. The van der Waals surface area contributed by atoms with Crippen LogP contribution in [0.2, 0.25) is 4.47 Å². The van der Waals surface area contributed by atoms with Crippen molar-refractivity contribution in [1.29, 1.82) is 0 Å². The van der Waals surface area contributed by atoms with Crippen LogP contribution in [0.3, 0.4) is 0 Å². The highest BCUT2D eigenvalue weighted by molar-refractivity contribution is 7.91. The van der Waals surface area contributed by atoms with Gasteiger partial charge in [0.25, 0.3) is 10.0 Å². The van der Waals surface area contributed by atoms with Crippen molar-refractivity contribution in [2.45, 2.75) is 57.1 Å². The average molecular weight is 339 g/mol. The largest absolute Gasteiger partial charge is 0.251 e. The highest BCUT2D eigenvalue weighted by Crippen LogP contribution is 2.26. The van der Waals surface area contributed by atoms with Gasteiger partial charge < -0.3 is 0 Å². The third-order valence-corrected chi connectivity index (χ3v) is 6.30. The van der Waals surface area contributed by atoms with E-state index in [-0.39, 0.29) is 8.68 Å². The number of nitrogens with one attached hydrogen (secondary N) is 1. The molecule has 4 nitrogen and oxygen atoms in total. The first-order chi connectivity index (χ1) is 9.33. The van der Waals surface area contributed by atoms with Gasteiger partial charge in [-0.2, -0.15) is 0 Å². The fraction of sp³-hybridized carbons (Fsp3) is 0.769. The Bertz CT molecular complexity index is 512. The summed E-state index contributed by atoms with van der Waals surface area (Å²) in [4.78, 5) is 3.93. The molecule has 0 saturated carbocycles. The quantitative estimate of drug-likeness (QED) is 0.692. The van der Waals surface area contributed by atoms with Gasteiger partial charge in [-0.3, -0.25) is 0 Å². The molecule has 0 unspecified atom stereocenters. The lowest BCUT2D eigenvalue weighted by Crippen LogP contribution is -2.24. The third kappa shape index (κ3) is 6.08. The van der Waals surface area contributed by atoms with Crippen LogP contribution in [0, 0.1) is 12.8 Å². The van der Waals surface area contributed by atoms with Crippen LogP contribution >= 0.6 is 22.9 Å². The summed E-state index contributed by atoms with van der Waals surface area (Å²) in [5.74, 6) is 0.743. The second-order valence-electron chi connectivity index (χ2n) is 5.33. The molecule has 7 heteroatoms. The van der Waals surface area contributed by atoms with Gasteiger partial charge in [0, 0.05) is 6.54 Å². The average Bonchev–Trinajstić information content (AvgIpc) is 2.67. The summed E-state index contributed by atoms with van der Waals surface area (Å²) >= 11 is 6.73. The molecule has 0 radical (unpaired) electrons. The Hall–Kier alpha value is -0.170. The monoisotopic (exact) mass is 338 g/mol. The number of nitrogens with zero attached hydrogens (tertiary/aromatic N) is 1. The molecule has 116 valence electrons. The second-order valence-corrected chi connectivity index (χ2v) is 8.88. The molecule has 1 aromatic rings. The molecule has 0 atom stereocenters. The van der Waals surface area contributed by atoms with Crippen LogP contribution < -0.4 is 4.72 Å². The van der Waals surface area contributed by atoms with Gasteiger partial charge in [0.2, 0.25) is 0 Å².